The van der Waals surface area contributed by atoms with E-state index < -0.39 is 12.1 Å². The van der Waals surface area contributed by atoms with Crippen LogP contribution in [0.2, 0.25) is 0 Å². The molecule has 0 aromatic rings. The fourth-order valence-corrected chi connectivity index (χ4v) is 7.12. The summed E-state index contributed by atoms with van der Waals surface area (Å²) < 4.78 is 46.0. The number of hydrogen-bond acceptors (Lipinski definition) is 8. The Morgan fingerprint density at radius 1 is 1.08 bits per heavy atom. The minimum Gasteiger partial charge on any atom is -0.378 e. The van der Waals surface area contributed by atoms with Crippen LogP contribution in [-0.2, 0) is 9.53 Å². The molecule has 9 atom stereocenters. The standard InChI is InChI=1S/C25H44F3N7O2/c1-35-22(33-34-23(35)20-7-9-29-14-31-20)13-30-17-4-2-3-15(11-17)24(36)32-19-8-10-37-21-6-5-16(12-18(19)21)25(26,27)28/h15-23,29-31,33-34H,2-14H2,1H3,(H,32,36)/t15?,16?,17?,18?,19-,20?,21?,22?,23?/m1/s1. The van der Waals surface area contributed by atoms with Gasteiger partial charge in [-0.2, -0.15) is 13.2 Å². The quantitative estimate of drug-likeness (QED) is 0.302. The molecule has 6 N–H and O–H groups in total. The molecule has 0 spiro atoms. The number of alkyl halides is 3. The van der Waals surface area contributed by atoms with Crippen molar-refractivity contribution >= 4 is 5.91 Å². The summed E-state index contributed by atoms with van der Waals surface area (Å²) in [5.41, 5.74) is 6.83. The van der Waals surface area contributed by atoms with Gasteiger partial charge in [0.2, 0.25) is 5.91 Å². The molecular weight excluding hydrogens is 487 g/mol. The van der Waals surface area contributed by atoms with Crippen LogP contribution in [0.3, 0.4) is 0 Å². The monoisotopic (exact) mass is 531 g/mol. The first-order valence-electron chi connectivity index (χ1n) is 14.2. The van der Waals surface area contributed by atoms with Crippen molar-refractivity contribution < 1.29 is 22.7 Å². The maximum atomic E-state index is 13.4. The molecule has 3 saturated heterocycles. The van der Waals surface area contributed by atoms with Gasteiger partial charge in [0.25, 0.3) is 0 Å². The Labute approximate surface area is 217 Å². The molecule has 37 heavy (non-hydrogen) atoms. The first kappa shape index (κ1) is 27.5. The van der Waals surface area contributed by atoms with E-state index in [2.05, 4.69) is 44.1 Å². The topological polar surface area (TPSA) is 102 Å². The largest absolute Gasteiger partial charge is 0.391 e. The lowest BCUT2D eigenvalue weighted by Gasteiger charge is -2.44. The first-order chi connectivity index (χ1) is 17.8. The fourth-order valence-electron chi connectivity index (χ4n) is 7.12. The number of fused-ring (bicyclic) bond motifs is 1. The van der Waals surface area contributed by atoms with Crippen molar-refractivity contribution in [2.45, 2.75) is 101 Å². The second-order valence-electron chi connectivity index (χ2n) is 11.7. The summed E-state index contributed by atoms with van der Waals surface area (Å²) in [6.45, 7) is 3.10. The number of ether oxygens (including phenoxy) is 1. The Morgan fingerprint density at radius 2 is 1.95 bits per heavy atom. The molecule has 9 nitrogen and oxygen atoms in total. The van der Waals surface area contributed by atoms with Gasteiger partial charge in [-0.3, -0.25) is 15.0 Å². The lowest BCUT2D eigenvalue weighted by Crippen LogP contribution is -2.58. The molecule has 2 saturated carbocycles. The summed E-state index contributed by atoms with van der Waals surface area (Å²) in [7, 11) is 2.13. The highest BCUT2D eigenvalue weighted by molar-refractivity contribution is 5.79. The predicted molar refractivity (Wildman–Crippen MR) is 133 cm³/mol. The number of rotatable bonds is 6. The third-order valence-electron chi connectivity index (χ3n) is 9.38. The van der Waals surface area contributed by atoms with E-state index in [0.717, 1.165) is 51.9 Å². The zero-order valence-corrected chi connectivity index (χ0v) is 21.8. The van der Waals surface area contributed by atoms with Gasteiger partial charge in [-0.25, -0.2) is 10.9 Å². The Hall–Kier alpha value is -1.02. The van der Waals surface area contributed by atoms with Gasteiger partial charge in [0.15, 0.2) is 0 Å². The van der Waals surface area contributed by atoms with Gasteiger partial charge < -0.3 is 20.7 Å². The van der Waals surface area contributed by atoms with E-state index in [1.54, 1.807) is 0 Å². The van der Waals surface area contributed by atoms with Gasteiger partial charge in [-0.15, -0.1) is 0 Å². The summed E-state index contributed by atoms with van der Waals surface area (Å²) in [4.78, 5) is 15.6. The third kappa shape index (κ3) is 6.59. The van der Waals surface area contributed by atoms with E-state index in [-0.39, 0.29) is 61.1 Å². The van der Waals surface area contributed by atoms with E-state index >= 15 is 0 Å². The molecule has 5 aliphatic rings. The summed E-state index contributed by atoms with van der Waals surface area (Å²) in [5, 5.41) is 13.7. The van der Waals surface area contributed by atoms with E-state index in [9.17, 15) is 18.0 Å². The van der Waals surface area contributed by atoms with Gasteiger partial charge in [0, 0.05) is 49.8 Å². The van der Waals surface area contributed by atoms with Crippen molar-refractivity contribution in [3.8, 4) is 0 Å². The van der Waals surface area contributed by atoms with E-state index in [0.29, 0.717) is 25.5 Å². The maximum absolute atomic E-state index is 13.4. The zero-order valence-electron chi connectivity index (χ0n) is 21.8. The van der Waals surface area contributed by atoms with Crippen LogP contribution in [0, 0.1) is 17.8 Å². The Morgan fingerprint density at radius 3 is 2.73 bits per heavy atom. The molecule has 2 aliphatic carbocycles. The smallest absolute Gasteiger partial charge is 0.378 e. The van der Waals surface area contributed by atoms with Crippen LogP contribution < -0.4 is 32.1 Å². The normalized spacial score (nSPS) is 41.8. The number of carbonyl (C=O) groups excluding carboxylic acids is 1. The van der Waals surface area contributed by atoms with E-state index in [4.69, 9.17) is 4.74 Å². The minimum absolute atomic E-state index is 0.00102. The average molecular weight is 532 g/mol. The second kappa shape index (κ2) is 12.0. The Bertz CT molecular complexity index is 769. The Kier molecular flexibility index (Phi) is 8.94. The highest BCUT2D eigenvalue weighted by atomic mass is 19.4. The molecule has 0 aromatic heterocycles. The predicted octanol–water partition coefficient (Wildman–Crippen LogP) is 0.988. The molecule has 12 heteroatoms. The van der Waals surface area contributed by atoms with Crippen LogP contribution in [0.25, 0.3) is 0 Å². The molecule has 1 amide bonds. The number of nitrogens with zero attached hydrogens (tertiary/aromatic N) is 1. The number of nitrogens with one attached hydrogen (secondary N) is 6. The number of hydrogen-bond donors (Lipinski definition) is 6. The van der Waals surface area contributed by atoms with Crippen LogP contribution in [0.15, 0.2) is 0 Å². The van der Waals surface area contributed by atoms with Crippen LogP contribution in [0.1, 0.15) is 57.8 Å². The molecule has 0 bridgehead atoms. The molecule has 0 radical (unpaired) electrons. The molecule has 5 fully saturated rings. The van der Waals surface area contributed by atoms with Crippen LogP contribution in [0.5, 0.6) is 0 Å². The van der Waals surface area contributed by atoms with Crippen molar-refractivity contribution in [1.29, 1.82) is 0 Å². The molecule has 3 heterocycles. The van der Waals surface area contributed by atoms with Gasteiger partial charge >= 0.3 is 6.18 Å². The van der Waals surface area contributed by atoms with E-state index in [1.807, 2.05) is 0 Å². The average Bonchev–Trinajstić information content (AvgIpc) is 3.27. The summed E-state index contributed by atoms with van der Waals surface area (Å²) in [6, 6.07) is 0.405. The number of carbonyl (C=O) groups is 1. The van der Waals surface area contributed by atoms with Crippen molar-refractivity contribution in [3.05, 3.63) is 0 Å². The van der Waals surface area contributed by atoms with Gasteiger partial charge in [0.05, 0.1) is 24.4 Å². The van der Waals surface area contributed by atoms with Crippen LogP contribution in [0.4, 0.5) is 13.2 Å². The number of likely N-dealkylation sites (N-methyl/N-ethyl adjacent to an activating group) is 1. The third-order valence-corrected chi connectivity index (χ3v) is 9.38. The molecular formula is C25H44F3N7O2. The van der Waals surface area contributed by atoms with Crippen LogP contribution in [-0.4, -0.2) is 87.0 Å². The van der Waals surface area contributed by atoms with E-state index in [1.165, 1.54) is 0 Å². The minimum atomic E-state index is -4.18. The van der Waals surface area contributed by atoms with Crippen molar-refractivity contribution in [1.82, 2.24) is 37.0 Å². The molecule has 8 unspecified atom stereocenters. The van der Waals surface area contributed by atoms with Crippen molar-refractivity contribution in [2.24, 2.45) is 17.8 Å². The van der Waals surface area contributed by atoms with Gasteiger partial charge in [-0.05, 0) is 65.0 Å². The van der Waals surface area contributed by atoms with Gasteiger partial charge in [-0.1, -0.05) is 6.42 Å². The highest BCUT2D eigenvalue weighted by Crippen LogP contribution is 2.44. The summed E-state index contributed by atoms with van der Waals surface area (Å²) in [6.07, 6.45) is 1.87. The lowest BCUT2D eigenvalue weighted by molar-refractivity contribution is -0.200. The molecule has 3 aliphatic heterocycles. The van der Waals surface area contributed by atoms with Crippen LogP contribution >= 0.6 is 0 Å². The first-order valence-corrected chi connectivity index (χ1v) is 14.2. The number of hydrazine groups is 1. The van der Waals surface area contributed by atoms with Crippen molar-refractivity contribution in [3.63, 3.8) is 0 Å². The number of amides is 1. The molecule has 212 valence electrons. The highest BCUT2D eigenvalue weighted by Gasteiger charge is 2.48. The molecule has 0 aromatic carbocycles. The maximum Gasteiger partial charge on any atom is 0.391 e. The SMILES string of the molecule is CN1C(CNC2CCCC(C(=O)N[C@@H]3CCOC4CCC(C(F)(F)F)CC43)C2)NNC1C1CCNCN1. The Balaban J connectivity index is 1.09. The second-order valence-corrected chi connectivity index (χ2v) is 11.7. The fraction of sp³-hybridized carbons (Fsp3) is 0.960. The zero-order chi connectivity index (χ0) is 26.0. The number of halogens is 3. The summed E-state index contributed by atoms with van der Waals surface area (Å²) >= 11 is 0. The summed E-state index contributed by atoms with van der Waals surface area (Å²) in [5.74, 6) is -1.65. The van der Waals surface area contributed by atoms with Gasteiger partial charge in [0.1, 0.15) is 0 Å². The lowest BCUT2D eigenvalue weighted by atomic mass is 9.73. The molecule has 5 rings (SSSR count). The van der Waals surface area contributed by atoms with Crippen molar-refractivity contribution in [2.75, 3.05) is 33.4 Å².